The lowest BCUT2D eigenvalue weighted by Crippen LogP contribution is -2.43. The molecule has 2 aliphatic rings. The molecule has 2 amide bonds. The van der Waals surface area contributed by atoms with Crippen LogP contribution in [0.3, 0.4) is 0 Å². The number of nitrogens with one attached hydrogen (secondary N) is 4. The lowest BCUT2D eigenvalue weighted by molar-refractivity contribution is -0.110. The number of benzene rings is 3. The third kappa shape index (κ3) is 5.83. The van der Waals surface area contributed by atoms with Gasteiger partial charge >= 0.3 is 0 Å². The average Bonchev–Trinajstić information content (AvgIpc) is 3.58. The Kier molecular flexibility index (Phi) is 7.18. The molecule has 0 atom stereocenters. The quantitative estimate of drug-likeness (QED) is 0.244. The topological polar surface area (TPSA) is 92.5 Å². The number of rotatable bonds is 7. The van der Waals surface area contributed by atoms with Crippen molar-refractivity contribution >= 4 is 46.2 Å². The maximum absolute atomic E-state index is 12.9. The van der Waals surface area contributed by atoms with E-state index in [2.05, 4.69) is 37.8 Å². The van der Waals surface area contributed by atoms with Crippen LogP contribution in [0.1, 0.15) is 27.2 Å². The molecule has 1 aromatic heterocycles. The first kappa shape index (κ1) is 25.6. The Hall–Kier alpha value is -4.66. The fourth-order valence-electron chi connectivity index (χ4n) is 5.08. The monoisotopic (exact) mass is 532 g/mol. The molecule has 0 spiro atoms. The van der Waals surface area contributed by atoms with E-state index in [9.17, 15) is 9.59 Å². The van der Waals surface area contributed by atoms with Crippen LogP contribution in [-0.4, -0.2) is 59.8 Å². The minimum Gasteiger partial charge on any atom is -0.362 e. The van der Waals surface area contributed by atoms with Gasteiger partial charge in [0, 0.05) is 72.8 Å². The van der Waals surface area contributed by atoms with E-state index < -0.39 is 0 Å². The number of hydrogen-bond donors (Lipinski definition) is 4. The van der Waals surface area contributed by atoms with E-state index in [-0.39, 0.29) is 11.8 Å². The molecule has 8 nitrogen and oxygen atoms in total. The standard InChI is InChI=1S/C32H32N6O2/c1-37-14-16-38(17-15-37)21-22-7-9-23(10-8-22)31(39)35-26-5-2-4-25(18-26)34-27-11-12-28-29(19-24-6-3-13-33-24)32(40)36-30(28)20-27/h2-13,18-20,33-34H,14-17,21H2,1H3,(H,35,39)(H,36,40)/b29-19-. The van der Waals surface area contributed by atoms with Crippen LogP contribution in [0.15, 0.2) is 85.1 Å². The molecule has 0 unspecified atom stereocenters. The highest BCUT2D eigenvalue weighted by molar-refractivity contribution is 6.35. The molecule has 4 N–H and O–H groups in total. The number of likely N-dealkylation sites (N-methyl/N-ethyl adjacent to an activating group) is 1. The predicted molar refractivity (Wildman–Crippen MR) is 161 cm³/mol. The molecule has 202 valence electrons. The molecule has 3 heterocycles. The summed E-state index contributed by atoms with van der Waals surface area (Å²) >= 11 is 0. The Bertz CT molecular complexity index is 1550. The van der Waals surface area contributed by atoms with Gasteiger partial charge in [-0.3, -0.25) is 14.5 Å². The number of H-pyrrole nitrogens is 1. The average molecular weight is 533 g/mol. The van der Waals surface area contributed by atoms with Crippen LogP contribution in [-0.2, 0) is 11.3 Å². The molecule has 1 saturated heterocycles. The molecule has 40 heavy (non-hydrogen) atoms. The Morgan fingerprint density at radius 2 is 1.68 bits per heavy atom. The van der Waals surface area contributed by atoms with E-state index in [1.54, 1.807) is 0 Å². The van der Waals surface area contributed by atoms with Crippen molar-refractivity contribution in [1.82, 2.24) is 14.8 Å². The molecular formula is C32H32N6O2. The number of fused-ring (bicyclic) bond motifs is 1. The van der Waals surface area contributed by atoms with Gasteiger partial charge in [-0.15, -0.1) is 0 Å². The molecule has 0 radical (unpaired) electrons. The zero-order chi connectivity index (χ0) is 27.5. The fourth-order valence-corrected chi connectivity index (χ4v) is 5.08. The Balaban J connectivity index is 1.09. The van der Waals surface area contributed by atoms with Gasteiger partial charge in [0.1, 0.15) is 0 Å². The third-order valence-electron chi connectivity index (χ3n) is 7.35. The van der Waals surface area contributed by atoms with E-state index in [0.717, 1.165) is 61.0 Å². The van der Waals surface area contributed by atoms with Gasteiger partial charge in [0.15, 0.2) is 0 Å². The number of piperazine rings is 1. The van der Waals surface area contributed by atoms with Crippen LogP contribution in [0.4, 0.5) is 22.7 Å². The van der Waals surface area contributed by atoms with Gasteiger partial charge in [0.25, 0.3) is 11.8 Å². The number of carbonyl (C=O) groups excluding carboxylic acids is 2. The predicted octanol–water partition coefficient (Wildman–Crippen LogP) is 5.25. The Morgan fingerprint density at radius 3 is 2.45 bits per heavy atom. The zero-order valence-corrected chi connectivity index (χ0v) is 22.4. The summed E-state index contributed by atoms with van der Waals surface area (Å²) in [6.45, 7) is 5.21. The van der Waals surface area contributed by atoms with Crippen molar-refractivity contribution in [3.8, 4) is 0 Å². The molecule has 0 aliphatic carbocycles. The molecule has 0 saturated carbocycles. The second kappa shape index (κ2) is 11.2. The highest BCUT2D eigenvalue weighted by atomic mass is 16.2. The van der Waals surface area contributed by atoms with Crippen LogP contribution < -0.4 is 16.0 Å². The maximum Gasteiger partial charge on any atom is 0.256 e. The Morgan fingerprint density at radius 1 is 0.900 bits per heavy atom. The summed E-state index contributed by atoms with van der Waals surface area (Å²) < 4.78 is 0. The number of amides is 2. The summed E-state index contributed by atoms with van der Waals surface area (Å²) in [5.41, 5.74) is 7.31. The normalized spacial score (nSPS) is 16.5. The third-order valence-corrected chi connectivity index (χ3v) is 7.35. The first-order valence-electron chi connectivity index (χ1n) is 13.5. The van der Waals surface area contributed by atoms with Crippen molar-refractivity contribution in [1.29, 1.82) is 0 Å². The number of aromatic nitrogens is 1. The van der Waals surface area contributed by atoms with Crippen molar-refractivity contribution in [2.75, 3.05) is 49.2 Å². The maximum atomic E-state index is 12.9. The molecule has 4 aromatic rings. The number of carbonyl (C=O) groups is 2. The molecule has 1 fully saturated rings. The summed E-state index contributed by atoms with van der Waals surface area (Å²) in [4.78, 5) is 33.4. The van der Waals surface area contributed by atoms with E-state index >= 15 is 0 Å². The zero-order valence-electron chi connectivity index (χ0n) is 22.4. The summed E-state index contributed by atoms with van der Waals surface area (Å²) in [6, 6.07) is 25.0. The molecular weight excluding hydrogens is 500 g/mol. The van der Waals surface area contributed by atoms with E-state index in [1.807, 2.05) is 91.1 Å². The smallest absolute Gasteiger partial charge is 0.256 e. The highest BCUT2D eigenvalue weighted by Crippen LogP contribution is 2.35. The van der Waals surface area contributed by atoms with Crippen molar-refractivity contribution in [2.24, 2.45) is 0 Å². The number of anilines is 4. The lowest BCUT2D eigenvalue weighted by Gasteiger charge is -2.32. The highest BCUT2D eigenvalue weighted by Gasteiger charge is 2.24. The van der Waals surface area contributed by atoms with E-state index in [1.165, 1.54) is 5.56 Å². The van der Waals surface area contributed by atoms with Gasteiger partial charge in [-0.25, -0.2) is 0 Å². The number of hydrogen-bond acceptors (Lipinski definition) is 5. The molecule has 8 heteroatoms. The minimum absolute atomic E-state index is 0.126. The lowest BCUT2D eigenvalue weighted by atomic mass is 10.1. The Labute approximate surface area is 233 Å². The second-order valence-corrected chi connectivity index (χ2v) is 10.3. The van der Waals surface area contributed by atoms with Crippen molar-refractivity contribution in [3.63, 3.8) is 0 Å². The van der Waals surface area contributed by atoms with Crippen molar-refractivity contribution in [2.45, 2.75) is 6.54 Å². The van der Waals surface area contributed by atoms with Gasteiger partial charge < -0.3 is 25.8 Å². The fraction of sp³-hybridized carbons (Fsp3) is 0.188. The van der Waals surface area contributed by atoms with Gasteiger partial charge in [-0.05, 0) is 73.3 Å². The van der Waals surface area contributed by atoms with E-state index in [0.29, 0.717) is 16.8 Å². The van der Waals surface area contributed by atoms with Gasteiger partial charge in [0.05, 0.1) is 11.3 Å². The minimum atomic E-state index is -0.148. The molecule has 6 rings (SSSR count). The van der Waals surface area contributed by atoms with Gasteiger partial charge in [-0.1, -0.05) is 24.3 Å². The largest absolute Gasteiger partial charge is 0.362 e. The van der Waals surface area contributed by atoms with Gasteiger partial charge in [0.2, 0.25) is 0 Å². The van der Waals surface area contributed by atoms with Crippen LogP contribution >= 0.6 is 0 Å². The van der Waals surface area contributed by atoms with Crippen LogP contribution in [0.2, 0.25) is 0 Å². The molecule has 0 bridgehead atoms. The summed E-state index contributed by atoms with van der Waals surface area (Å²) in [6.07, 6.45) is 3.68. The van der Waals surface area contributed by atoms with Gasteiger partial charge in [-0.2, -0.15) is 0 Å². The van der Waals surface area contributed by atoms with Crippen LogP contribution in [0.25, 0.3) is 11.6 Å². The van der Waals surface area contributed by atoms with Crippen LogP contribution in [0, 0.1) is 0 Å². The van der Waals surface area contributed by atoms with Crippen LogP contribution in [0.5, 0.6) is 0 Å². The summed E-state index contributed by atoms with van der Waals surface area (Å²) in [5.74, 6) is -0.274. The molecule has 2 aliphatic heterocycles. The number of nitrogens with zero attached hydrogens (tertiary/aromatic N) is 2. The first-order valence-corrected chi connectivity index (χ1v) is 13.5. The second-order valence-electron chi connectivity index (χ2n) is 10.3. The first-order chi connectivity index (χ1) is 19.5. The molecule has 3 aromatic carbocycles. The van der Waals surface area contributed by atoms with Crippen molar-refractivity contribution < 1.29 is 9.59 Å². The summed E-state index contributed by atoms with van der Waals surface area (Å²) in [5, 5.41) is 9.32. The summed E-state index contributed by atoms with van der Waals surface area (Å²) in [7, 11) is 2.16. The van der Waals surface area contributed by atoms with Crippen molar-refractivity contribution in [3.05, 3.63) is 107 Å². The van der Waals surface area contributed by atoms with E-state index in [4.69, 9.17) is 0 Å². The number of aromatic amines is 1. The SMILES string of the molecule is CN1CCN(Cc2ccc(C(=O)Nc3cccc(Nc4ccc5c(c4)NC(=O)/C5=C\c4ccc[nH]4)c3)cc2)CC1.